The molecular formula is C52H30OS. The lowest BCUT2D eigenvalue weighted by atomic mass is 9.85. The van der Waals surface area contributed by atoms with Crippen LogP contribution in [0.15, 0.2) is 186 Å². The molecule has 0 radical (unpaired) electrons. The predicted molar refractivity (Wildman–Crippen MR) is 233 cm³/mol. The van der Waals surface area contributed by atoms with Gasteiger partial charge in [0.15, 0.2) is 0 Å². The standard InChI is InChI=1S/C52H30OS/c1-2-11-32(12-3-1)48-39-14-6-8-16-41(39)49(42-17-9-7-15-40(42)48)37-21-20-33-28-34(18-19-35(33)29-37)36-23-25-45-47(30-36)54-46-27-26-44-43-24-22-31-10-4-5-13-38(31)51(43)53-52(44)50(45)46/h1-30H. The Morgan fingerprint density at radius 3 is 1.56 bits per heavy atom. The van der Waals surface area contributed by atoms with E-state index in [9.17, 15) is 0 Å². The Labute approximate surface area is 314 Å². The second kappa shape index (κ2) is 11.4. The highest BCUT2D eigenvalue weighted by Crippen LogP contribution is 2.46. The van der Waals surface area contributed by atoms with Crippen LogP contribution in [0.2, 0.25) is 0 Å². The van der Waals surface area contributed by atoms with Crippen LogP contribution in [0.25, 0.3) is 119 Å². The first-order valence-electron chi connectivity index (χ1n) is 18.5. The average Bonchev–Trinajstić information content (AvgIpc) is 3.81. The smallest absolute Gasteiger partial charge is 0.144 e. The van der Waals surface area contributed by atoms with Crippen molar-refractivity contribution in [2.75, 3.05) is 0 Å². The normalized spacial score (nSPS) is 12.1. The van der Waals surface area contributed by atoms with Crippen LogP contribution in [-0.2, 0) is 0 Å². The van der Waals surface area contributed by atoms with Gasteiger partial charge in [-0.05, 0) is 107 Å². The average molecular weight is 703 g/mol. The molecule has 12 rings (SSSR count). The van der Waals surface area contributed by atoms with Crippen LogP contribution in [0.5, 0.6) is 0 Å². The van der Waals surface area contributed by atoms with Crippen molar-refractivity contribution in [2.45, 2.75) is 0 Å². The number of rotatable bonds is 3. The van der Waals surface area contributed by atoms with Gasteiger partial charge < -0.3 is 4.42 Å². The maximum absolute atomic E-state index is 6.73. The van der Waals surface area contributed by atoms with E-state index in [1.165, 1.54) is 102 Å². The first kappa shape index (κ1) is 29.8. The topological polar surface area (TPSA) is 13.1 Å². The molecular weight excluding hydrogens is 673 g/mol. The summed E-state index contributed by atoms with van der Waals surface area (Å²) in [5.74, 6) is 0. The lowest BCUT2D eigenvalue weighted by Gasteiger charge is -2.18. The summed E-state index contributed by atoms with van der Waals surface area (Å²) in [7, 11) is 0. The highest BCUT2D eigenvalue weighted by atomic mass is 32.1. The summed E-state index contributed by atoms with van der Waals surface area (Å²) in [4.78, 5) is 0. The van der Waals surface area contributed by atoms with Gasteiger partial charge in [0.05, 0.1) is 0 Å². The van der Waals surface area contributed by atoms with E-state index in [4.69, 9.17) is 4.42 Å². The summed E-state index contributed by atoms with van der Waals surface area (Å²) in [6.07, 6.45) is 0. The van der Waals surface area contributed by atoms with Crippen molar-refractivity contribution in [3.8, 4) is 33.4 Å². The number of furan rings is 1. The van der Waals surface area contributed by atoms with Gasteiger partial charge in [-0.25, -0.2) is 0 Å². The molecule has 10 aromatic carbocycles. The van der Waals surface area contributed by atoms with Crippen LogP contribution in [0.3, 0.4) is 0 Å². The molecule has 0 saturated heterocycles. The third-order valence-electron chi connectivity index (χ3n) is 11.4. The van der Waals surface area contributed by atoms with Gasteiger partial charge in [-0.1, -0.05) is 146 Å². The minimum absolute atomic E-state index is 0.969. The number of thiophene rings is 1. The van der Waals surface area contributed by atoms with E-state index in [2.05, 4.69) is 182 Å². The third kappa shape index (κ3) is 4.32. The van der Waals surface area contributed by atoms with Crippen LogP contribution in [0, 0.1) is 0 Å². The number of fused-ring (bicyclic) bond motifs is 12. The van der Waals surface area contributed by atoms with Gasteiger partial charge >= 0.3 is 0 Å². The Morgan fingerprint density at radius 1 is 0.296 bits per heavy atom. The zero-order chi connectivity index (χ0) is 35.3. The van der Waals surface area contributed by atoms with Crippen LogP contribution in [0.1, 0.15) is 0 Å². The number of hydrogen-bond donors (Lipinski definition) is 0. The third-order valence-corrected chi connectivity index (χ3v) is 12.5. The maximum Gasteiger partial charge on any atom is 0.144 e. The van der Waals surface area contributed by atoms with Crippen molar-refractivity contribution in [3.05, 3.63) is 182 Å². The zero-order valence-corrected chi connectivity index (χ0v) is 30.0. The Bertz CT molecular complexity index is 3440. The van der Waals surface area contributed by atoms with Gasteiger partial charge in [0.1, 0.15) is 11.2 Å². The van der Waals surface area contributed by atoms with E-state index in [0.717, 1.165) is 16.6 Å². The van der Waals surface area contributed by atoms with Crippen LogP contribution >= 0.6 is 11.3 Å². The van der Waals surface area contributed by atoms with Crippen molar-refractivity contribution in [1.29, 1.82) is 0 Å². The lowest BCUT2D eigenvalue weighted by molar-refractivity contribution is 0.677. The second-order valence-electron chi connectivity index (χ2n) is 14.4. The number of hydrogen-bond acceptors (Lipinski definition) is 2. The maximum atomic E-state index is 6.73. The Morgan fingerprint density at radius 2 is 0.815 bits per heavy atom. The van der Waals surface area contributed by atoms with Gasteiger partial charge in [0, 0.05) is 36.3 Å². The van der Waals surface area contributed by atoms with Crippen LogP contribution in [0.4, 0.5) is 0 Å². The molecule has 2 aromatic heterocycles. The molecule has 12 aromatic rings. The predicted octanol–water partition coefficient (Wildman–Crippen LogP) is 15.6. The van der Waals surface area contributed by atoms with E-state index in [-0.39, 0.29) is 0 Å². The summed E-state index contributed by atoms with van der Waals surface area (Å²) in [5, 5.41) is 14.7. The highest BCUT2D eigenvalue weighted by Gasteiger charge is 2.19. The molecule has 54 heavy (non-hydrogen) atoms. The fourth-order valence-corrected chi connectivity index (χ4v) is 10.1. The molecule has 1 nitrogen and oxygen atoms in total. The van der Waals surface area contributed by atoms with Crippen molar-refractivity contribution < 1.29 is 4.42 Å². The largest absolute Gasteiger partial charge is 0.455 e. The second-order valence-corrected chi connectivity index (χ2v) is 15.5. The minimum atomic E-state index is 0.969. The van der Waals surface area contributed by atoms with Gasteiger partial charge in [0.25, 0.3) is 0 Å². The molecule has 0 aliphatic rings. The minimum Gasteiger partial charge on any atom is -0.455 e. The van der Waals surface area contributed by atoms with Crippen molar-refractivity contribution >= 4 is 96.5 Å². The molecule has 0 amide bonds. The van der Waals surface area contributed by atoms with E-state index >= 15 is 0 Å². The molecule has 0 unspecified atom stereocenters. The quantitative estimate of drug-likeness (QED) is 0.167. The fraction of sp³-hybridized carbons (Fsp3) is 0. The SMILES string of the molecule is c1ccc(-c2c3ccccc3c(-c3ccc4cc(-c5ccc6c(c5)sc5ccc7c8ccc9ccccc9c8oc7c56)ccc4c3)c3ccccc23)cc1. The van der Waals surface area contributed by atoms with Gasteiger partial charge in [-0.3, -0.25) is 0 Å². The Balaban J connectivity index is 0.977. The summed E-state index contributed by atoms with van der Waals surface area (Å²) in [5.41, 5.74) is 9.45. The molecule has 250 valence electrons. The van der Waals surface area contributed by atoms with Gasteiger partial charge in [-0.2, -0.15) is 0 Å². The van der Waals surface area contributed by atoms with E-state index in [1.54, 1.807) is 0 Å². The summed E-state index contributed by atoms with van der Waals surface area (Å²) >= 11 is 1.84. The molecule has 0 bridgehead atoms. The molecule has 0 spiro atoms. The van der Waals surface area contributed by atoms with E-state index in [1.807, 2.05) is 11.3 Å². The molecule has 0 atom stereocenters. The Hall–Kier alpha value is -6.74. The monoisotopic (exact) mass is 702 g/mol. The molecule has 2 heterocycles. The van der Waals surface area contributed by atoms with E-state index in [0.29, 0.717) is 0 Å². The summed E-state index contributed by atoms with van der Waals surface area (Å²) in [6.45, 7) is 0. The highest BCUT2D eigenvalue weighted by molar-refractivity contribution is 7.26. The first-order valence-corrected chi connectivity index (χ1v) is 19.3. The molecule has 0 fully saturated rings. The first-order chi connectivity index (χ1) is 26.8. The molecule has 0 N–H and O–H groups in total. The summed E-state index contributed by atoms with van der Waals surface area (Å²) in [6, 6.07) is 66.7. The number of benzene rings is 10. The molecule has 0 aliphatic carbocycles. The zero-order valence-electron chi connectivity index (χ0n) is 29.1. The van der Waals surface area contributed by atoms with Crippen LogP contribution < -0.4 is 0 Å². The lowest BCUT2D eigenvalue weighted by Crippen LogP contribution is -1.90. The fourth-order valence-electron chi connectivity index (χ4n) is 8.94. The molecule has 0 saturated carbocycles. The summed E-state index contributed by atoms with van der Waals surface area (Å²) < 4.78 is 9.25. The van der Waals surface area contributed by atoms with Gasteiger partial charge in [-0.15, -0.1) is 11.3 Å². The van der Waals surface area contributed by atoms with Crippen LogP contribution in [-0.4, -0.2) is 0 Å². The molecule has 2 heteroatoms. The molecule has 0 aliphatic heterocycles. The Kier molecular flexibility index (Phi) is 6.28. The van der Waals surface area contributed by atoms with Crippen molar-refractivity contribution in [3.63, 3.8) is 0 Å². The van der Waals surface area contributed by atoms with Gasteiger partial charge in [0.2, 0.25) is 0 Å². The van der Waals surface area contributed by atoms with E-state index < -0.39 is 0 Å². The van der Waals surface area contributed by atoms with Crippen molar-refractivity contribution in [2.24, 2.45) is 0 Å². The van der Waals surface area contributed by atoms with Crippen molar-refractivity contribution in [1.82, 2.24) is 0 Å².